The van der Waals surface area contributed by atoms with Crippen molar-refractivity contribution < 1.29 is 4.79 Å². The van der Waals surface area contributed by atoms with Crippen molar-refractivity contribution in [3.05, 3.63) is 56.3 Å². The number of thioether (sulfide) groups is 1. The van der Waals surface area contributed by atoms with E-state index in [1.54, 1.807) is 11.3 Å². The number of hydrogen-bond donors (Lipinski definition) is 1. The third-order valence-electron chi connectivity index (χ3n) is 4.62. The van der Waals surface area contributed by atoms with Gasteiger partial charge in [0.25, 0.3) is 5.56 Å². The Morgan fingerprint density at radius 3 is 2.81 bits per heavy atom. The summed E-state index contributed by atoms with van der Waals surface area (Å²) in [6, 6.07) is 5.87. The number of nitrogens with one attached hydrogen (secondary N) is 1. The van der Waals surface area contributed by atoms with Crippen molar-refractivity contribution in [1.82, 2.24) is 14.5 Å². The highest BCUT2D eigenvalue weighted by atomic mass is 32.2. The number of aromatic amines is 1. The van der Waals surface area contributed by atoms with E-state index < -0.39 is 0 Å². The molecule has 4 heterocycles. The van der Waals surface area contributed by atoms with Crippen molar-refractivity contribution in [3.63, 3.8) is 0 Å². The molecular weight excluding hydrogens is 398 g/mol. The molecule has 0 spiro atoms. The number of carbonyl (C=O) groups is 1. The van der Waals surface area contributed by atoms with Crippen LogP contribution >= 0.6 is 34.4 Å². The molecule has 0 aromatic carbocycles. The largest absolute Gasteiger partial charge is 0.351 e. The first kappa shape index (κ1) is 18.2. The normalized spacial score (nSPS) is 11.4. The van der Waals surface area contributed by atoms with Gasteiger partial charge in [-0.2, -0.15) is 0 Å². The fourth-order valence-corrected chi connectivity index (χ4v) is 5.52. The molecule has 5 nitrogen and oxygen atoms in total. The van der Waals surface area contributed by atoms with Crippen LogP contribution in [-0.4, -0.2) is 26.1 Å². The molecule has 0 aliphatic rings. The number of carbonyl (C=O) groups excluding carboxylic acids is 1. The third kappa shape index (κ3) is 3.28. The molecule has 4 aromatic rings. The second-order valence-electron chi connectivity index (χ2n) is 6.23. The zero-order valence-electron chi connectivity index (χ0n) is 15.0. The Hall–Kier alpha value is -2.16. The van der Waals surface area contributed by atoms with Crippen LogP contribution < -0.4 is 5.56 Å². The Kier molecular flexibility index (Phi) is 4.79. The fraction of sp³-hybridized carbons (Fsp3) is 0.211. The van der Waals surface area contributed by atoms with Gasteiger partial charge < -0.3 is 9.55 Å². The molecule has 0 atom stereocenters. The molecule has 1 N–H and O–H groups in total. The minimum atomic E-state index is -0.161. The van der Waals surface area contributed by atoms with E-state index in [0.29, 0.717) is 15.4 Å². The quantitative estimate of drug-likeness (QED) is 0.293. The van der Waals surface area contributed by atoms with E-state index in [9.17, 15) is 9.59 Å². The minimum absolute atomic E-state index is 0.0365. The highest BCUT2D eigenvalue weighted by Gasteiger charge is 2.17. The van der Waals surface area contributed by atoms with Gasteiger partial charge in [0, 0.05) is 39.8 Å². The van der Waals surface area contributed by atoms with E-state index in [1.165, 1.54) is 23.1 Å². The summed E-state index contributed by atoms with van der Waals surface area (Å²) in [5, 5.41) is 5.05. The van der Waals surface area contributed by atoms with Gasteiger partial charge in [0.2, 0.25) is 0 Å². The van der Waals surface area contributed by atoms with E-state index in [-0.39, 0.29) is 17.1 Å². The van der Waals surface area contributed by atoms with Gasteiger partial charge in [-0.3, -0.25) is 9.59 Å². The van der Waals surface area contributed by atoms with Crippen LogP contribution in [0.1, 0.15) is 21.7 Å². The standard InChI is InChI=1S/C19H17N3O2S3/c1-10-7-12(11(2)22(10)3)14(23)9-27-19-20-17(24)16-13(8-26-18(16)21-19)15-5-4-6-25-15/h4-8H,9H2,1-3H3,(H,20,21,24). The summed E-state index contributed by atoms with van der Waals surface area (Å²) < 4.78 is 2.00. The summed E-state index contributed by atoms with van der Waals surface area (Å²) in [5.41, 5.74) is 3.48. The van der Waals surface area contributed by atoms with Gasteiger partial charge in [-0.05, 0) is 31.4 Å². The van der Waals surface area contributed by atoms with Crippen molar-refractivity contribution in [2.24, 2.45) is 7.05 Å². The summed E-state index contributed by atoms with van der Waals surface area (Å²) >= 11 is 4.32. The number of nitrogens with zero attached hydrogens (tertiary/aromatic N) is 2. The molecule has 0 unspecified atom stereocenters. The van der Waals surface area contributed by atoms with Crippen LogP contribution in [0.15, 0.2) is 38.9 Å². The molecule has 4 aromatic heterocycles. The SMILES string of the molecule is Cc1cc(C(=O)CSc2nc3scc(-c4cccs4)c3c(=O)[nH]2)c(C)n1C. The fourth-order valence-electron chi connectivity index (χ4n) is 2.96. The Morgan fingerprint density at radius 2 is 2.15 bits per heavy atom. The molecule has 0 amide bonds. The number of fused-ring (bicyclic) bond motifs is 1. The van der Waals surface area contributed by atoms with Crippen LogP contribution in [-0.2, 0) is 7.05 Å². The number of H-pyrrole nitrogens is 1. The van der Waals surface area contributed by atoms with Crippen molar-refractivity contribution >= 4 is 50.4 Å². The predicted octanol–water partition coefficient (Wildman–Crippen LogP) is 4.64. The highest BCUT2D eigenvalue weighted by molar-refractivity contribution is 7.99. The number of aromatic nitrogens is 3. The Balaban J connectivity index is 1.59. The number of ketones is 1. The zero-order chi connectivity index (χ0) is 19.1. The lowest BCUT2D eigenvalue weighted by atomic mass is 10.2. The van der Waals surface area contributed by atoms with Crippen LogP contribution in [0.3, 0.4) is 0 Å². The topological polar surface area (TPSA) is 67.8 Å². The average Bonchev–Trinajstić information content (AvgIpc) is 3.36. The minimum Gasteiger partial charge on any atom is -0.351 e. The summed E-state index contributed by atoms with van der Waals surface area (Å²) in [6.07, 6.45) is 0. The monoisotopic (exact) mass is 415 g/mol. The maximum Gasteiger partial charge on any atom is 0.260 e. The van der Waals surface area contributed by atoms with Gasteiger partial charge in [0.15, 0.2) is 10.9 Å². The molecule has 138 valence electrons. The van der Waals surface area contributed by atoms with Crippen molar-refractivity contribution in [2.75, 3.05) is 5.75 Å². The Labute approximate surface area is 168 Å². The predicted molar refractivity (Wildman–Crippen MR) is 113 cm³/mol. The summed E-state index contributed by atoms with van der Waals surface area (Å²) in [5.74, 6) is 0.274. The average molecular weight is 416 g/mol. The molecule has 0 aliphatic carbocycles. The van der Waals surface area contributed by atoms with E-state index in [1.807, 2.05) is 54.4 Å². The van der Waals surface area contributed by atoms with Crippen LogP contribution in [0.2, 0.25) is 0 Å². The van der Waals surface area contributed by atoms with Gasteiger partial charge >= 0.3 is 0 Å². The lowest BCUT2D eigenvalue weighted by Gasteiger charge is -2.03. The molecule has 0 radical (unpaired) electrons. The van der Waals surface area contributed by atoms with Crippen LogP contribution in [0.4, 0.5) is 0 Å². The molecule has 4 rings (SSSR count). The summed E-state index contributed by atoms with van der Waals surface area (Å²) in [4.78, 5) is 34.3. The first-order valence-electron chi connectivity index (χ1n) is 8.30. The first-order valence-corrected chi connectivity index (χ1v) is 11.0. The van der Waals surface area contributed by atoms with E-state index in [2.05, 4.69) is 9.97 Å². The van der Waals surface area contributed by atoms with E-state index in [4.69, 9.17) is 0 Å². The molecule has 27 heavy (non-hydrogen) atoms. The van der Waals surface area contributed by atoms with Gasteiger partial charge in [-0.25, -0.2) is 4.98 Å². The molecule has 0 saturated heterocycles. The van der Waals surface area contributed by atoms with Crippen molar-refractivity contribution in [2.45, 2.75) is 19.0 Å². The second-order valence-corrected chi connectivity index (χ2v) is 9.00. The van der Waals surface area contributed by atoms with Gasteiger partial charge in [-0.15, -0.1) is 22.7 Å². The van der Waals surface area contributed by atoms with Crippen LogP contribution in [0, 0.1) is 13.8 Å². The number of Topliss-reactive ketones (excluding diaryl/α,β-unsaturated/α-hetero) is 1. The van der Waals surface area contributed by atoms with E-state index >= 15 is 0 Å². The third-order valence-corrected chi connectivity index (χ3v) is 7.27. The molecule has 0 bridgehead atoms. The van der Waals surface area contributed by atoms with Gasteiger partial charge in [0.05, 0.1) is 11.1 Å². The maximum atomic E-state index is 12.6. The Bertz CT molecular complexity index is 1200. The molecule has 0 fully saturated rings. The lowest BCUT2D eigenvalue weighted by Crippen LogP contribution is -2.10. The molecule has 0 aliphatic heterocycles. The molecular formula is C19H17N3O2S3. The number of rotatable bonds is 5. The van der Waals surface area contributed by atoms with Crippen molar-refractivity contribution in [1.29, 1.82) is 0 Å². The maximum absolute atomic E-state index is 12.6. The smallest absolute Gasteiger partial charge is 0.260 e. The summed E-state index contributed by atoms with van der Waals surface area (Å²) in [7, 11) is 1.95. The molecule has 0 saturated carbocycles. The van der Waals surface area contributed by atoms with Gasteiger partial charge in [-0.1, -0.05) is 17.8 Å². The van der Waals surface area contributed by atoms with Gasteiger partial charge in [0.1, 0.15) is 4.83 Å². The van der Waals surface area contributed by atoms with Crippen molar-refractivity contribution in [3.8, 4) is 10.4 Å². The van der Waals surface area contributed by atoms with E-state index in [0.717, 1.165) is 27.4 Å². The zero-order valence-corrected chi connectivity index (χ0v) is 17.5. The number of aryl methyl sites for hydroxylation is 1. The highest BCUT2D eigenvalue weighted by Crippen LogP contribution is 2.34. The lowest BCUT2D eigenvalue weighted by molar-refractivity contribution is 0.102. The number of hydrogen-bond acceptors (Lipinski definition) is 6. The summed E-state index contributed by atoms with van der Waals surface area (Å²) in [6.45, 7) is 3.92. The van der Waals surface area contributed by atoms with Crippen LogP contribution in [0.5, 0.6) is 0 Å². The second kappa shape index (κ2) is 7.10. The first-order chi connectivity index (χ1) is 13.0. The molecule has 8 heteroatoms. The van der Waals surface area contributed by atoms with Crippen LogP contribution in [0.25, 0.3) is 20.7 Å². The Morgan fingerprint density at radius 1 is 1.33 bits per heavy atom. The number of thiophene rings is 2.